The Morgan fingerprint density at radius 3 is 1.20 bits per heavy atom. The highest BCUT2D eigenvalue weighted by Crippen LogP contribution is 2.28. The second kappa shape index (κ2) is 15.8. The zero-order valence-corrected chi connectivity index (χ0v) is 20.6. The first kappa shape index (κ1) is 31.0. The molecule has 196 valence electrons. The molecule has 0 saturated heterocycles. The van der Waals surface area contributed by atoms with E-state index in [9.17, 15) is 0 Å². The minimum absolute atomic E-state index is 0.0739. The number of hydrogen-bond donors (Lipinski definition) is 4. The van der Waals surface area contributed by atoms with Crippen molar-refractivity contribution in [1.82, 2.24) is 0 Å². The Bertz CT molecular complexity index is 1010. The van der Waals surface area contributed by atoms with E-state index in [1.807, 2.05) is 36.4 Å². The SMILES string of the molecule is COc1ccc(CN=C(N)N)cc1OC.COc1ccc(CN=C(N)N)cc1OC.O=S(=O)([O-])[O-]. The smallest absolute Gasteiger partial charge is 0.186 e. The van der Waals surface area contributed by atoms with Crippen LogP contribution < -0.4 is 41.9 Å². The van der Waals surface area contributed by atoms with E-state index in [0.29, 0.717) is 36.1 Å². The molecule has 35 heavy (non-hydrogen) atoms. The van der Waals surface area contributed by atoms with Crippen LogP contribution in [0.25, 0.3) is 0 Å². The molecule has 0 spiro atoms. The first-order chi connectivity index (χ1) is 16.3. The van der Waals surface area contributed by atoms with Gasteiger partial charge >= 0.3 is 0 Å². The molecule has 0 aromatic heterocycles. The summed E-state index contributed by atoms with van der Waals surface area (Å²) in [5.41, 5.74) is 22.9. The van der Waals surface area contributed by atoms with Crippen LogP contribution in [0.15, 0.2) is 46.4 Å². The fourth-order valence-electron chi connectivity index (χ4n) is 2.32. The van der Waals surface area contributed by atoms with E-state index in [0.717, 1.165) is 11.1 Å². The van der Waals surface area contributed by atoms with Gasteiger partial charge in [0.1, 0.15) is 0 Å². The number of hydrogen-bond acceptors (Lipinski definition) is 10. The lowest BCUT2D eigenvalue weighted by atomic mass is 10.2. The van der Waals surface area contributed by atoms with Crippen LogP contribution in [-0.2, 0) is 23.5 Å². The van der Waals surface area contributed by atoms with Crippen molar-refractivity contribution in [2.75, 3.05) is 28.4 Å². The molecule has 0 saturated carbocycles. The van der Waals surface area contributed by atoms with Gasteiger partial charge in [-0.1, -0.05) is 12.1 Å². The number of guanidine groups is 2. The quantitative estimate of drug-likeness (QED) is 0.152. The highest BCUT2D eigenvalue weighted by Gasteiger charge is 2.04. The number of rotatable bonds is 8. The van der Waals surface area contributed by atoms with Gasteiger partial charge in [0, 0.05) is 10.4 Å². The molecule has 0 fully saturated rings. The normalized spacial score (nSPS) is 9.77. The molecule has 2 aromatic carbocycles. The molecule has 0 unspecified atom stereocenters. The maximum absolute atomic E-state index is 8.52. The average Bonchev–Trinajstić information content (AvgIpc) is 2.80. The van der Waals surface area contributed by atoms with Gasteiger partial charge in [0.05, 0.1) is 41.5 Å². The number of nitrogens with zero attached hydrogens (tertiary/aromatic N) is 2. The maximum Gasteiger partial charge on any atom is 0.186 e. The van der Waals surface area contributed by atoms with Gasteiger partial charge < -0.3 is 51.0 Å². The van der Waals surface area contributed by atoms with Gasteiger partial charge in [0.15, 0.2) is 34.9 Å². The molecule has 8 N–H and O–H groups in total. The summed E-state index contributed by atoms with van der Waals surface area (Å²) in [4.78, 5) is 7.80. The zero-order valence-electron chi connectivity index (χ0n) is 19.8. The van der Waals surface area contributed by atoms with Crippen LogP contribution >= 0.6 is 0 Å². The van der Waals surface area contributed by atoms with E-state index in [1.165, 1.54) is 0 Å². The van der Waals surface area contributed by atoms with Crippen molar-refractivity contribution in [3.63, 3.8) is 0 Å². The first-order valence-corrected chi connectivity index (χ1v) is 10.9. The molecule has 0 aliphatic rings. The van der Waals surface area contributed by atoms with Gasteiger partial charge in [-0.15, -0.1) is 0 Å². The third kappa shape index (κ3) is 14.7. The summed E-state index contributed by atoms with van der Waals surface area (Å²) in [6.07, 6.45) is 0. The first-order valence-electron chi connectivity index (χ1n) is 9.53. The second-order valence-electron chi connectivity index (χ2n) is 6.27. The van der Waals surface area contributed by atoms with E-state index in [-0.39, 0.29) is 11.9 Å². The van der Waals surface area contributed by atoms with Crippen molar-refractivity contribution in [2.24, 2.45) is 32.9 Å². The van der Waals surface area contributed by atoms with Gasteiger partial charge in [0.2, 0.25) is 0 Å². The second-order valence-corrected chi connectivity index (χ2v) is 7.09. The predicted octanol–water partition coefficient (Wildman–Crippen LogP) is -0.384. The molecule has 2 rings (SSSR count). The third-order valence-electron chi connectivity index (χ3n) is 3.78. The fraction of sp³-hybridized carbons (Fsp3) is 0.300. The number of benzene rings is 2. The van der Waals surface area contributed by atoms with Gasteiger partial charge in [-0.25, -0.2) is 9.98 Å². The summed E-state index contributed by atoms with van der Waals surface area (Å²) in [5, 5.41) is 0. The van der Waals surface area contributed by atoms with Crippen LogP contribution in [0.3, 0.4) is 0 Å². The van der Waals surface area contributed by atoms with Crippen LogP contribution in [0.2, 0.25) is 0 Å². The van der Waals surface area contributed by atoms with Crippen LogP contribution in [0, 0.1) is 0 Å². The molecule has 0 atom stereocenters. The molecule has 0 aliphatic heterocycles. The van der Waals surface area contributed by atoms with Crippen molar-refractivity contribution in [3.05, 3.63) is 47.5 Å². The van der Waals surface area contributed by atoms with Crippen molar-refractivity contribution in [3.8, 4) is 23.0 Å². The molecule has 0 aliphatic carbocycles. The zero-order chi connectivity index (χ0) is 27.0. The van der Waals surface area contributed by atoms with Crippen LogP contribution in [0.5, 0.6) is 23.0 Å². The summed E-state index contributed by atoms with van der Waals surface area (Å²) in [5.74, 6) is 2.85. The number of ether oxygens (including phenoxy) is 4. The van der Waals surface area contributed by atoms with Crippen LogP contribution in [-0.4, -0.2) is 57.9 Å². The summed E-state index contributed by atoms with van der Waals surface area (Å²) < 4.78 is 54.6. The van der Waals surface area contributed by atoms with E-state index >= 15 is 0 Å². The molecule has 0 bridgehead atoms. The lowest BCUT2D eigenvalue weighted by molar-refractivity contribution is 0.352. The van der Waals surface area contributed by atoms with Gasteiger partial charge in [-0.05, 0) is 35.4 Å². The van der Waals surface area contributed by atoms with Crippen molar-refractivity contribution in [1.29, 1.82) is 0 Å². The van der Waals surface area contributed by atoms with Gasteiger partial charge in [-0.2, -0.15) is 0 Å². The predicted molar refractivity (Wildman–Crippen MR) is 129 cm³/mol. The number of aliphatic imine (C=N–C) groups is 2. The Balaban J connectivity index is 0.000000555. The maximum atomic E-state index is 8.52. The van der Waals surface area contributed by atoms with Gasteiger partial charge in [-0.3, -0.25) is 8.42 Å². The number of nitrogens with two attached hydrogens (primary N) is 4. The Kier molecular flexibility index (Phi) is 14.0. The standard InChI is InChI=1S/2C10H15N3O2.H2O4S/c2*1-14-8-4-3-7(5-9(8)15-2)6-13-10(11)12;1-5(2,3)4/h2*3-5H,6H2,1-2H3,(H4,11,12,13);(H2,1,2,3,4)/p-2. The topological polar surface area (TPSA) is 246 Å². The third-order valence-corrected chi connectivity index (χ3v) is 3.78. The molecule has 15 heteroatoms. The molecule has 0 radical (unpaired) electrons. The fourth-order valence-corrected chi connectivity index (χ4v) is 2.32. The van der Waals surface area contributed by atoms with Crippen molar-refractivity contribution < 1.29 is 36.5 Å². The summed E-state index contributed by atoms with van der Waals surface area (Å²) >= 11 is 0. The van der Waals surface area contributed by atoms with E-state index in [1.54, 1.807) is 28.4 Å². The van der Waals surface area contributed by atoms with Crippen molar-refractivity contribution >= 4 is 22.3 Å². The van der Waals surface area contributed by atoms with Gasteiger partial charge in [0.25, 0.3) is 0 Å². The molecular formula is C20H30N6O8S-2. The lowest BCUT2D eigenvalue weighted by Gasteiger charge is -2.08. The molecule has 2 aromatic rings. The largest absolute Gasteiger partial charge is 0.759 e. The molecular weight excluding hydrogens is 484 g/mol. The van der Waals surface area contributed by atoms with E-state index < -0.39 is 10.4 Å². The molecule has 14 nitrogen and oxygen atoms in total. The van der Waals surface area contributed by atoms with E-state index in [4.69, 9.17) is 59.4 Å². The molecule has 0 heterocycles. The molecule has 0 amide bonds. The summed E-state index contributed by atoms with van der Waals surface area (Å²) in [6, 6.07) is 11.1. The van der Waals surface area contributed by atoms with Crippen LogP contribution in [0.1, 0.15) is 11.1 Å². The summed E-state index contributed by atoms with van der Waals surface area (Å²) in [7, 11) is 1.19. The van der Waals surface area contributed by atoms with E-state index in [2.05, 4.69) is 9.98 Å². The highest BCUT2D eigenvalue weighted by atomic mass is 32.3. The van der Waals surface area contributed by atoms with Crippen LogP contribution in [0.4, 0.5) is 0 Å². The lowest BCUT2D eigenvalue weighted by Crippen LogP contribution is -2.22. The Morgan fingerprint density at radius 2 is 0.971 bits per heavy atom. The van der Waals surface area contributed by atoms with Crippen molar-refractivity contribution in [2.45, 2.75) is 13.1 Å². The minimum atomic E-state index is -5.17. The highest BCUT2D eigenvalue weighted by molar-refractivity contribution is 7.79. The summed E-state index contributed by atoms with van der Waals surface area (Å²) in [6.45, 7) is 0.866. The Hall–Kier alpha value is -3.95. The monoisotopic (exact) mass is 514 g/mol. The average molecular weight is 515 g/mol. The Morgan fingerprint density at radius 1 is 0.686 bits per heavy atom. The Labute approximate surface area is 204 Å². The minimum Gasteiger partial charge on any atom is -0.759 e. The number of methoxy groups -OCH3 is 4.